The number of benzene rings is 1. The molecule has 1 aromatic rings. The Kier molecular flexibility index (Phi) is 3.07. The van der Waals surface area contributed by atoms with Gasteiger partial charge in [0.1, 0.15) is 17.3 Å². The fraction of sp³-hybridized carbons (Fsp3) is 0.381. The maximum absolute atomic E-state index is 13.5. The van der Waals surface area contributed by atoms with E-state index in [1.807, 2.05) is 50.3 Å². The minimum absolute atomic E-state index is 0.0161. The standard InChI is InChI=1S/C21H21N3O3/c1-20(2)9-11-24-16(19(27)23-10-5-8-15(23)18(24)26)12-21(20)17(25)13-6-3-4-7-14(13)22-21/h3-4,6-9,11,16,22H,5,10,12H2,1-2H3. The number of anilines is 1. The van der Waals surface area contributed by atoms with Crippen molar-refractivity contribution in [2.24, 2.45) is 5.41 Å². The first-order valence-corrected chi connectivity index (χ1v) is 9.31. The van der Waals surface area contributed by atoms with Crippen molar-refractivity contribution in [3.05, 3.63) is 53.9 Å². The van der Waals surface area contributed by atoms with Gasteiger partial charge in [0.25, 0.3) is 5.91 Å². The van der Waals surface area contributed by atoms with E-state index in [1.165, 1.54) is 4.90 Å². The molecule has 4 aliphatic heterocycles. The van der Waals surface area contributed by atoms with Gasteiger partial charge in [0.2, 0.25) is 5.91 Å². The maximum Gasteiger partial charge on any atom is 0.274 e. The predicted molar refractivity (Wildman–Crippen MR) is 99.7 cm³/mol. The Balaban J connectivity index is 1.64. The second-order valence-electron chi connectivity index (χ2n) is 8.24. The summed E-state index contributed by atoms with van der Waals surface area (Å²) in [5.41, 5.74) is 0.338. The van der Waals surface area contributed by atoms with E-state index in [-0.39, 0.29) is 24.0 Å². The Bertz CT molecular complexity index is 961. The molecule has 0 aromatic heterocycles. The Morgan fingerprint density at radius 2 is 1.93 bits per heavy atom. The topological polar surface area (TPSA) is 69.7 Å². The first-order valence-electron chi connectivity index (χ1n) is 9.31. The molecule has 1 saturated heterocycles. The maximum atomic E-state index is 13.5. The van der Waals surface area contributed by atoms with Crippen molar-refractivity contribution in [1.29, 1.82) is 0 Å². The number of piperazine rings is 1. The molecule has 0 radical (unpaired) electrons. The van der Waals surface area contributed by atoms with Crippen LogP contribution in [0.4, 0.5) is 5.69 Å². The Morgan fingerprint density at radius 3 is 2.70 bits per heavy atom. The molecule has 6 nitrogen and oxygen atoms in total. The van der Waals surface area contributed by atoms with Gasteiger partial charge in [-0.3, -0.25) is 14.4 Å². The summed E-state index contributed by atoms with van der Waals surface area (Å²) in [5.74, 6) is -0.285. The summed E-state index contributed by atoms with van der Waals surface area (Å²) >= 11 is 0. The monoisotopic (exact) mass is 363 g/mol. The largest absolute Gasteiger partial charge is 0.371 e. The zero-order valence-corrected chi connectivity index (χ0v) is 15.4. The van der Waals surface area contributed by atoms with Crippen LogP contribution >= 0.6 is 0 Å². The van der Waals surface area contributed by atoms with Crippen molar-refractivity contribution >= 4 is 23.3 Å². The summed E-state index contributed by atoms with van der Waals surface area (Å²) in [6.07, 6.45) is 6.35. The summed E-state index contributed by atoms with van der Waals surface area (Å²) in [5, 5.41) is 3.43. The number of ketones is 1. The highest BCUT2D eigenvalue weighted by Gasteiger charge is 2.59. The van der Waals surface area contributed by atoms with Gasteiger partial charge in [-0.1, -0.05) is 38.1 Å². The highest BCUT2D eigenvalue weighted by atomic mass is 16.2. The average Bonchev–Trinajstić information content (AvgIpc) is 3.21. The van der Waals surface area contributed by atoms with Crippen LogP contribution in [0.15, 0.2) is 48.3 Å². The molecule has 5 rings (SSSR count). The lowest BCUT2D eigenvalue weighted by Crippen LogP contribution is -2.61. The van der Waals surface area contributed by atoms with Crippen LogP contribution in [0.5, 0.6) is 0 Å². The van der Waals surface area contributed by atoms with Gasteiger partial charge in [-0.05, 0) is 18.6 Å². The van der Waals surface area contributed by atoms with Crippen molar-refractivity contribution < 1.29 is 14.4 Å². The highest BCUT2D eigenvalue weighted by Crippen LogP contribution is 2.49. The molecule has 6 heteroatoms. The van der Waals surface area contributed by atoms with E-state index in [2.05, 4.69) is 5.32 Å². The minimum atomic E-state index is -0.969. The second kappa shape index (κ2) is 5.09. The van der Waals surface area contributed by atoms with Gasteiger partial charge in [0, 0.05) is 35.8 Å². The lowest BCUT2D eigenvalue weighted by Gasteiger charge is -2.44. The Morgan fingerprint density at radius 1 is 1.15 bits per heavy atom. The van der Waals surface area contributed by atoms with E-state index in [9.17, 15) is 14.4 Å². The lowest BCUT2D eigenvalue weighted by atomic mass is 9.67. The number of nitrogens with zero attached hydrogens (tertiary/aromatic N) is 2. The first-order chi connectivity index (χ1) is 12.9. The fourth-order valence-electron chi connectivity index (χ4n) is 4.79. The van der Waals surface area contributed by atoms with E-state index in [0.29, 0.717) is 24.2 Å². The third-order valence-electron chi connectivity index (χ3n) is 6.48. The number of hydrogen-bond donors (Lipinski definition) is 1. The molecule has 2 amide bonds. The number of hydrogen-bond acceptors (Lipinski definition) is 4. The molecule has 2 unspecified atom stereocenters. The quantitative estimate of drug-likeness (QED) is 0.768. The molecular formula is C21H21N3O3. The number of carbonyl (C=O) groups is 3. The van der Waals surface area contributed by atoms with Crippen LogP contribution in [0, 0.1) is 5.41 Å². The molecule has 0 aliphatic carbocycles. The lowest BCUT2D eigenvalue weighted by molar-refractivity contribution is -0.148. The molecule has 2 atom stereocenters. The summed E-state index contributed by atoms with van der Waals surface area (Å²) < 4.78 is 0. The number of nitrogens with one attached hydrogen (secondary N) is 1. The summed E-state index contributed by atoms with van der Waals surface area (Å²) in [4.78, 5) is 42.7. The normalized spacial score (nSPS) is 30.7. The summed E-state index contributed by atoms with van der Waals surface area (Å²) in [6, 6.07) is 6.76. The zero-order chi connectivity index (χ0) is 19.0. The van der Waals surface area contributed by atoms with Crippen molar-refractivity contribution in [1.82, 2.24) is 9.80 Å². The summed E-state index contributed by atoms with van der Waals surface area (Å²) in [6.45, 7) is 4.49. The molecular weight excluding hydrogens is 342 g/mol. The van der Waals surface area contributed by atoms with Gasteiger partial charge >= 0.3 is 0 Å². The SMILES string of the molecule is CC1(C)C=CN2C(=O)C3=CCCN3C(=O)C2CC12Nc1ccccc1C2=O. The van der Waals surface area contributed by atoms with Crippen molar-refractivity contribution in [2.45, 2.75) is 38.3 Å². The van der Waals surface area contributed by atoms with Gasteiger partial charge < -0.3 is 15.1 Å². The van der Waals surface area contributed by atoms with Crippen molar-refractivity contribution in [3.8, 4) is 0 Å². The number of Topliss-reactive ketones (excluding diaryl/α,β-unsaturated/α-hetero) is 1. The minimum Gasteiger partial charge on any atom is -0.371 e. The smallest absolute Gasteiger partial charge is 0.274 e. The Hall–Kier alpha value is -2.89. The van der Waals surface area contributed by atoms with Crippen LogP contribution in [-0.2, 0) is 9.59 Å². The summed E-state index contributed by atoms with van der Waals surface area (Å²) in [7, 11) is 0. The number of rotatable bonds is 0. The van der Waals surface area contributed by atoms with E-state index in [4.69, 9.17) is 0 Å². The van der Waals surface area contributed by atoms with Gasteiger partial charge in [-0.2, -0.15) is 0 Å². The van der Waals surface area contributed by atoms with Crippen LogP contribution in [0.1, 0.15) is 37.0 Å². The molecule has 1 fully saturated rings. The van der Waals surface area contributed by atoms with Gasteiger partial charge in [0.05, 0.1) is 0 Å². The van der Waals surface area contributed by atoms with Crippen molar-refractivity contribution in [3.63, 3.8) is 0 Å². The van der Waals surface area contributed by atoms with E-state index in [1.54, 1.807) is 11.1 Å². The molecule has 0 bridgehead atoms. The fourth-order valence-corrected chi connectivity index (χ4v) is 4.79. The molecule has 1 aromatic carbocycles. The van der Waals surface area contributed by atoms with Crippen LogP contribution in [0.2, 0.25) is 0 Å². The van der Waals surface area contributed by atoms with Crippen LogP contribution in [0.3, 0.4) is 0 Å². The molecule has 27 heavy (non-hydrogen) atoms. The number of para-hydroxylation sites is 1. The van der Waals surface area contributed by atoms with Crippen molar-refractivity contribution in [2.75, 3.05) is 11.9 Å². The van der Waals surface area contributed by atoms with Gasteiger partial charge in [0.15, 0.2) is 5.78 Å². The molecule has 0 saturated carbocycles. The van der Waals surface area contributed by atoms with Gasteiger partial charge in [-0.25, -0.2) is 0 Å². The number of fused-ring (bicyclic) bond motifs is 3. The average molecular weight is 363 g/mol. The molecule has 138 valence electrons. The van der Waals surface area contributed by atoms with E-state index < -0.39 is 17.0 Å². The number of carbonyl (C=O) groups excluding carboxylic acids is 3. The first kappa shape index (κ1) is 16.3. The molecule has 1 N–H and O–H groups in total. The molecule has 1 spiro atoms. The third-order valence-corrected chi connectivity index (χ3v) is 6.48. The van der Waals surface area contributed by atoms with Crippen LogP contribution in [0.25, 0.3) is 0 Å². The third kappa shape index (κ3) is 1.93. The highest BCUT2D eigenvalue weighted by molar-refractivity contribution is 6.15. The molecule has 4 aliphatic rings. The van der Waals surface area contributed by atoms with Gasteiger partial charge in [-0.15, -0.1) is 0 Å². The van der Waals surface area contributed by atoms with Crippen LogP contribution in [-0.4, -0.2) is 45.5 Å². The Labute approximate surface area is 157 Å². The van der Waals surface area contributed by atoms with E-state index in [0.717, 1.165) is 5.69 Å². The number of amides is 2. The zero-order valence-electron chi connectivity index (χ0n) is 15.4. The second-order valence-corrected chi connectivity index (χ2v) is 8.24. The predicted octanol–water partition coefficient (Wildman–Crippen LogP) is 2.30. The van der Waals surface area contributed by atoms with E-state index >= 15 is 0 Å². The van der Waals surface area contributed by atoms with Crippen LogP contribution < -0.4 is 5.32 Å². The molecule has 4 heterocycles.